The third-order valence-electron chi connectivity index (χ3n) is 2.47. The van der Waals surface area contributed by atoms with Gasteiger partial charge in [0.1, 0.15) is 0 Å². The van der Waals surface area contributed by atoms with Crippen LogP contribution in [0.2, 0.25) is 0 Å². The predicted octanol–water partition coefficient (Wildman–Crippen LogP) is 3.07. The summed E-state index contributed by atoms with van der Waals surface area (Å²) in [5.41, 5.74) is 2.55. The van der Waals surface area contributed by atoms with Crippen LogP contribution < -0.4 is 4.90 Å². The summed E-state index contributed by atoms with van der Waals surface area (Å²) in [4.78, 5) is 2.22. The van der Waals surface area contributed by atoms with Gasteiger partial charge < -0.3 is 4.90 Å². The number of nitriles is 1. The molecule has 0 unspecified atom stereocenters. The highest BCUT2D eigenvalue weighted by atomic mass is 15.1. The maximum absolute atomic E-state index is 8.87. The van der Waals surface area contributed by atoms with E-state index in [2.05, 4.69) is 31.4 Å². The molecule has 0 aromatic heterocycles. The third-order valence-corrected chi connectivity index (χ3v) is 2.47. The molecule has 0 fully saturated rings. The Balaban J connectivity index is 3.17. The van der Waals surface area contributed by atoms with Gasteiger partial charge in [0.25, 0.3) is 0 Å². The molecule has 0 aliphatic heterocycles. The summed E-state index contributed by atoms with van der Waals surface area (Å²) in [6.45, 7) is 9.85. The Hall–Kier alpha value is -1.75. The van der Waals surface area contributed by atoms with Crippen LogP contribution in [0.25, 0.3) is 5.57 Å². The minimum Gasteiger partial charge on any atom is -0.372 e. The van der Waals surface area contributed by atoms with Gasteiger partial charge in [0.05, 0.1) is 11.6 Å². The maximum Gasteiger partial charge on any atom is 0.0992 e. The highest BCUT2D eigenvalue weighted by Crippen LogP contribution is 2.25. The number of para-hydroxylation sites is 1. The summed E-state index contributed by atoms with van der Waals surface area (Å²) >= 11 is 0. The van der Waals surface area contributed by atoms with Crippen molar-refractivity contribution in [1.29, 1.82) is 5.26 Å². The molecule has 0 spiro atoms. The van der Waals surface area contributed by atoms with Crippen molar-refractivity contribution in [2.24, 2.45) is 0 Å². The fourth-order valence-corrected chi connectivity index (χ4v) is 1.63. The lowest BCUT2D eigenvalue weighted by Gasteiger charge is -2.23. The fourth-order valence-electron chi connectivity index (χ4n) is 1.63. The Morgan fingerprint density at radius 3 is 2.47 bits per heavy atom. The number of nitrogens with zero attached hydrogens (tertiary/aromatic N) is 2. The van der Waals surface area contributed by atoms with Gasteiger partial charge in [-0.2, -0.15) is 5.26 Å². The van der Waals surface area contributed by atoms with Gasteiger partial charge in [0.2, 0.25) is 0 Å². The quantitative estimate of drug-likeness (QED) is 0.698. The van der Waals surface area contributed by atoms with Gasteiger partial charge in [-0.1, -0.05) is 24.8 Å². The summed E-state index contributed by atoms with van der Waals surface area (Å²) in [6.07, 6.45) is 0. The predicted molar refractivity (Wildman–Crippen MR) is 64.7 cm³/mol. The smallest absolute Gasteiger partial charge is 0.0992 e. The Kier molecular flexibility index (Phi) is 3.93. The summed E-state index contributed by atoms with van der Waals surface area (Å²) in [6, 6.07) is 10.0. The first-order valence-corrected chi connectivity index (χ1v) is 5.17. The molecule has 2 nitrogen and oxygen atoms in total. The maximum atomic E-state index is 8.87. The van der Waals surface area contributed by atoms with E-state index in [4.69, 9.17) is 5.26 Å². The van der Waals surface area contributed by atoms with Crippen LogP contribution in [0, 0.1) is 11.3 Å². The van der Waals surface area contributed by atoms with Crippen LogP contribution in [0.15, 0.2) is 30.8 Å². The van der Waals surface area contributed by atoms with Gasteiger partial charge in [-0.05, 0) is 19.9 Å². The monoisotopic (exact) mass is 200 g/mol. The zero-order chi connectivity index (χ0) is 11.3. The van der Waals surface area contributed by atoms with E-state index in [1.807, 2.05) is 24.3 Å². The van der Waals surface area contributed by atoms with E-state index in [0.29, 0.717) is 5.57 Å². The molecule has 0 saturated carbocycles. The largest absolute Gasteiger partial charge is 0.372 e. The average Bonchev–Trinajstić information content (AvgIpc) is 2.30. The fraction of sp³-hybridized carbons (Fsp3) is 0.308. The molecule has 0 saturated heterocycles. The average molecular weight is 200 g/mol. The topological polar surface area (TPSA) is 27.0 Å². The standard InChI is InChI=1S/C13H16N2/c1-4-15(5-2)13-9-7-6-8-12(13)11(3)10-14/h6-9H,3-5H2,1-2H3. The van der Waals surface area contributed by atoms with Crippen molar-refractivity contribution in [2.45, 2.75) is 13.8 Å². The van der Waals surface area contributed by atoms with E-state index >= 15 is 0 Å². The molecular weight excluding hydrogens is 184 g/mol. The first-order chi connectivity index (χ1) is 7.24. The second-order valence-electron chi connectivity index (χ2n) is 3.28. The summed E-state index contributed by atoms with van der Waals surface area (Å²) in [5.74, 6) is 0. The molecule has 2 heteroatoms. The summed E-state index contributed by atoms with van der Waals surface area (Å²) in [7, 11) is 0. The highest BCUT2D eigenvalue weighted by molar-refractivity contribution is 5.83. The minimum atomic E-state index is 0.525. The number of allylic oxidation sites excluding steroid dienone is 1. The summed E-state index contributed by atoms with van der Waals surface area (Å²) in [5, 5.41) is 8.87. The molecule has 0 aliphatic rings. The van der Waals surface area contributed by atoms with Crippen LogP contribution in [0.5, 0.6) is 0 Å². The molecule has 0 radical (unpaired) electrons. The molecule has 1 aromatic carbocycles. The molecular formula is C13H16N2. The number of hydrogen-bond donors (Lipinski definition) is 0. The second kappa shape index (κ2) is 5.21. The van der Waals surface area contributed by atoms with E-state index in [9.17, 15) is 0 Å². The molecule has 1 rings (SSSR count). The Morgan fingerprint density at radius 2 is 1.93 bits per heavy atom. The van der Waals surface area contributed by atoms with Crippen molar-refractivity contribution < 1.29 is 0 Å². The molecule has 1 aromatic rings. The molecule has 78 valence electrons. The molecule has 0 amide bonds. The molecule has 0 N–H and O–H groups in total. The van der Waals surface area contributed by atoms with Crippen LogP contribution in [0.3, 0.4) is 0 Å². The van der Waals surface area contributed by atoms with Crippen molar-refractivity contribution in [1.82, 2.24) is 0 Å². The van der Waals surface area contributed by atoms with Crippen LogP contribution in [0.4, 0.5) is 5.69 Å². The lowest BCUT2D eigenvalue weighted by Crippen LogP contribution is -2.22. The van der Waals surface area contributed by atoms with Gasteiger partial charge in [-0.25, -0.2) is 0 Å². The van der Waals surface area contributed by atoms with Gasteiger partial charge in [0.15, 0.2) is 0 Å². The lowest BCUT2D eigenvalue weighted by atomic mass is 10.1. The first kappa shape index (κ1) is 11.3. The number of benzene rings is 1. The van der Waals surface area contributed by atoms with E-state index in [1.165, 1.54) is 0 Å². The molecule has 0 atom stereocenters. The number of rotatable bonds is 4. The van der Waals surface area contributed by atoms with Crippen LogP contribution in [-0.2, 0) is 0 Å². The lowest BCUT2D eigenvalue weighted by molar-refractivity contribution is 0.865. The van der Waals surface area contributed by atoms with Gasteiger partial charge in [0, 0.05) is 24.3 Å². The van der Waals surface area contributed by atoms with Crippen molar-refractivity contribution in [2.75, 3.05) is 18.0 Å². The number of anilines is 1. The van der Waals surface area contributed by atoms with E-state index in [1.54, 1.807) is 0 Å². The van der Waals surface area contributed by atoms with Gasteiger partial charge in [-0.3, -0.25) is 0 Å². The van der Waals surface area contributed by atoms with E-state index in [-0.39, 0.29) is 0 Å². The normalized spacial score (nSPS) is 9.40. The van der Waals surface area contributed by atoms with Crippen LogP contribution in [-0.4, -0.2) is 13.1 Å². The van der Waals surface area contributed by atoms with Crippen molar-refractivity contribution in [3.63, 3.8) is 0 Å². The van der Waals surface area contributed by atoms with Crippen LogP contribution in [0.1, 0.15) is 19.4 Å². The minimum absolute atomic E-state index is 0.525. The Morgan fingerprint density at radius 1 is 1.33 bits per heavy atom. The van der Waals surface area contributed by atoms with Crippen molar-refractivity contribution in [3.05, 3.63) is 36.4 Å². The van der Waals surface area contributed by atoms with Crippen molar-refractivity contribution >= 4 is 11.3 Å². The molecule has 0 aliphatic carbocycles. The molecule has 0 bridgehead atoms. The Labute approximate surface area is 91.4 Å². The highest BCUT2D eigenvalue weighted by Gasteiger charge is 2.09. The zero-order valence-electron chi connectivity index (χ0n) is 9.33. The summed E-state index contributed by atoms with van der Waals surface area (Å²) < 4.78 is 0. The third kappa shape index (κ3) is 2.38. The SMILES string of the molecule is C=C(C#N)c1ccccc1N(CC)CC. The Bertz CT molecular complexity index is 384. The molecule has 15 heavy (non-hydrogen) atoms. The van der Waals surface area contributed by atoms with Gasteiger partial charge >= 0.3 is 0 Å². The van der Waals surface area contributed by atoms with Crippen LogP contribution >= 0.6 is 0 Å². The number of hydrogen-bond acceptors (Lipinski definition) is 2. The van der Waals surface area contributed by atoms with E-state index < -0.39 is 0 Å². The van der Waals surface area contributed by atoms with Crippen molar-refractivity contribution in [3.8, 4) is 6.07 Å². The van der Waals surface area contributed by atoms with Gasteiger partial charge in [-0.15, -0.1) is 0 Å². The first-order valence-electron chi connectivity index (χ1n) is 5.17. The molecule has 0 heterocycles. The van der Waals surface area contributed by atoms with E-state index in [0.717, 1.165) is 24.3 Å². The zero-order valence-corrected chi connectivity index (χ0v) is 9.33. The second-order valence-corrected chi connectivity index (χ2v) is 3.28.